The normalized spacial score (nSPS) is 23.4. The van der Waals surface area contributed by atoms with E-state index in [0.29, 0.717) is 18.8 Å². The van der Waals surface area contributed by atoms with Crippen molar-refractivity contribution in [2.24, 2.45) is 0 Å². The van der Waals surface area contributed by atoms with Gasteiger partial charge < -0.3 is 5.73 Å². The highest BCUT2D eigenvalue weighted by Gasteiger charge is 2.29. The van der Waals surface area contributed by atoms with E-state index in [-0.39, 0.29) is 6.04 Å². The number of hydrogen-bond donors (Lipinski definition) is 1. The van der Waals surface area contributed by atoms with Gasteiger partial charge >= 0.3 is 0 Å². The highest BCUT2D eigenvalue weighted by molar-refractivity contribution is 7.88. The molecule has 2 rings (SSSR count). The number of aromatic nitrogens is 2. The number of rotatable bonds is 2. The molecular formula is C8H14N4O2S. The topological polar surface area (TPSA) is 81.2 Å². The van der Waals surface area contributed by atoms with Gasteiger partial charge in [0.1, 0.15) is 0 Å². The van der Waals surface area contributed by atoms with Gasteiger partial charge in [-0.2, -0.15) is 9.40 Å². The molecule has 1 atom stereocenters. The molecule has 0 radical (unpaired) electrons. The molecule has 0 saturated carbocycles. The van der Waals surface area contributed by atoms with Crippen LogP contribution in [0.25, 0.3) is 0 Å². The Morgan fingerprint density at radius 3 is 2.80 bits per heavy atom. The third kappa shape index (κ3) is 2.13. The SMILES string of the molecule is CS(=O)(=O)N1CCC(n2cc(N)cn2)C1. The Morgan fingerprint density at radius 1 is 1.60 bits per heavy atom. The third-order valence-corrected chi connectivity index (χ3v) is 3.86. The Balaban J connectivity index is 2.11. The zero-order chi connectivity index (χ0) is 11.1. The fourth-order valence-corrected chi connectivity index (χ4v) is 2.66. The first kappa shape index (κ1) is 10.4. The molecule has 0 spiro atoms. The van der Waals surface area contributed by atoms with Crippen molar-refractivity contribution in [3.05, 3.63) is 12.4 Å². The molecule has 0 aromatic carbocycles. The number of nitrogen functional groups attached to an aromatic ring is 1. The Labute approximate surface area is 88.7 Å². The van der Waals surface area contributed by atoms with Crippen molar-refractivity contribution in [3.63, 3.8) is 0 Å². The van der Waals surface area contributed by atoms with Gasteiger partial charge in [0, 0.05) is 19.3 Å². The van der Waals surface area contributed by atoms with Gasteiger partial charge in [0.15, 0.2) is 0 Å². The van der Waals surface area contributed by atoms with Crippen LogP contribution in [0.15, 0.2) is 12.4 Å². The molecule has 1 aliphatic heterocycles. The molecule has 2 N–H and O–H groups in total. The molecule has 1 fully saturated rings. The molecule has 1 unspecified atom stereocenters. The largest absolute Gasteiger partial charge is 0.396 e. The van der Waals surface area contributed by atoms with Gasteiger partial charge in [0.25, 0.3) is 0 Å². The third-order valence-electron chi connectivity index (χ3n) is 2.59. The van der Waals surface area contributed by atoms with E-state index in [9.17, 15) is 8.42 Å². The van der Waals surface area contributed by atoms with Gasteiger partial charge in [-0.15, -0.1) is 0 Å². The monoisotopic (exact) mass is 230 g/mol. The minimum atomic E-state index is -3.08. The van der Waals surface area contributed by atoms with Gasteiger partial charge in [-0.25, -0.2) is 8.42 Å². The molecule has 1 aliphatic rings. The summed E-state index contributed by atoms with van der Waals surface area (Å²) in [5.74, 6) is 0. The lowest BCUT2D eigenvalue weighted by Crippen LogP contribution is -2.28. The van der Waals surface area contributed by atoms with Crippen LogP contribution in [0.5, 0.6) is 0 Å². The van der Waals surface area contributed by atoms with Crippen molar-refractivity contribution in [3.8, 4) is 0 Å². The predicted molar refractivity (Wildman–Crippen MR) is 56.7 cm³/mol. The van der Waals surface area contributed by atoms with Crippen molar-refractivity contribution < 1.29 is 8.42 Å². The van der Waals surface area contributed by atoms with Crippen LogP contribution >= 0.6 is 0 Å². The van der Waals surface area contributed by atoms with E-state index >= 15 is 0 Å². The van der Waals surface area contributed by atoms with Crippen LogP contribution in [-0.4, -0.2) is 41.8 Å². The van der Waals surface area contributed by atoms with Crippen molar-refractivity contribution in [1.29, 1.82) is 0 Å². The van der Waals surface area contributed by atoms with Gasteiger partial charge in [0.05, 0.1) is 24.2 Å². The fraction of sp³-hybridized carbons (Fsp3) is 0.625. The van der Waals surface area contributed by atoms with E-state index in [0.717, 1.165) is 6.42 Å². The predicted octanol–water partition coefficient (Wildman–Crippen LogP) is -0.328. The summed E-state index contributed by atoms with van der Waals surface area (Å²) >= 11 is 0. The van der Waals surface area contributed by atoms with Gasteiger partial charge in [-0.05, 0) is 6.42 Å². The second-order valence-electron chi connectivity index (χ2n) is 3.82. The lowest BCUT2D eigenvalue weighted by molar-refractivity contribution is 0.437. The molecule has 1 saturated heterocycles. The van der Waals surface area contributed by atoms with Crippen LogP contribution in [0.1, 0.15) is 12.5 Å². The maximum absolute atomic E-state index is 11.3. The Kier molecular flexibility index (Phi) is 2.43. The maximum Gasteiger partial charge on any atom is 0.211 e. The van der Waals surface area contributed by atoms with Crippen LogP contribution in [0.2, 0.25) is 0 Å². The second-order valence-corrected chi connectivity index (χ2v) is 5.80. The molecule has 1 aromatic heterocycles. The van der Waals surface area contributed by atoms with E-state index in [1.165, 1.54) is 10.6 Å². The standard InChI is InChI=1S/C8H14N4O2S/c1-15(13,14)11-3-2-8(6-11)12-5-7(9)4-10-12/h4-5,8H,2-3,6,9H2,1H3. The van der Waals surface area contributed by atoms with Crippen LogP contribution in [0.4, 0.5) is 5.69 Å². The number of sulfonamides is 1. The highest BCUT2D eigenvalue weighted by Crippen LogP contribution is 2.23. The summed E-state index contributed by atoms with van der Waals surface area (Å²) in [5.41, 5.74) is 6.16. The quantitative estimate of drug-likeness (QED) is 0.754. The second kappa shape index (κ2) is 3.49. The summed E-state index contributed by atoms with van der Waals surface area (Å²) in [6.45, 7) is 1.04. The van der Waals surface area contributed by atoms with Crippen molar-refractivity contribution in [2.45, 2.75) is 12.5 Å². The zero-order valence-corrected chi connectivity index (χ0v) is 9.31. The average molecular weight is 230 g/mol. The Morgan fingerprint density at radius 2 is 2.33 bits per heavy atom. The van der Waals surface area contributed by atoms with E-state index in [1.807, 2.05) is 0 Å². The van der Waals surface area contributed by atoms with Crippen LogP contribution in [0, 0.1) is 0 Å². The number of anilines is 1. The zero-order valence-electron chi connectivity index (χ0n) is 8.50. The summed E-state index contributed by atoms with van der Waals surface area (Å²) in [4.78, 5) is 0. The molecular weight excluding hydrogens is 216 g/mol. The van der Waals surface area contributed by atoms with E-state index in [4.69, 9.17) is 5.73 Å². The van der Waals surface area contributed by atoms with Gasteiger partial charge in [0.2, 0.25) is 10.0 Å². The maximum atomic E-state index is 11.3. The summed E-state index contributed by atoms with van der Waals surface area (Å²) < 4.78 is 25.8. The first-order valence-corrected chi connectivity index (χ1v) is 6.56. The first-order chi connectivity index (χ1) is 6.97. The molecule has 2 heterocycles. The molecule has 84 valence electrons. The molecule has 0 aliphatic carbocycles. The summed E-state index contributed by atoms with van der Waals surface area (Å²) in [6, 6.07) is 0.108. The summed E-state index contributed by atoms with van der Waals surface area (Å²) in [6.07, 6.45) is 5.32. The van der Waals surface area contributed by atoms with E-state index < -0.39 is 10.0 Å². The van der Waals surface area contributed by atoms with Crippen LogP contribution in [-0.2, 0) is 10.0 Å². The smallest absolute Gasteiger partial charge is 0.211 e. The summed E-state index contributed by atoms with van der Waals surface area (Å²) in [5, 5.41) is 4.08. The number of nitrogens with two attached hydrogens (primary N) is 1. The lowest BCUT2D eigenvalue weighted by Gasteiger charge is -2.13. The fourth-order valence-electron chi connectivity index (χ4n) is 1.78. The molecule has 15 heavy (non-hydrogen) atoms. The van der Waals surface area contributed by atoms with Crippen LogP contribution in [0.3, 0.4) is 0 Å². The minimum Gasteiger partial charge on any atom is -0.396 e. The first-order valence-electron chi connectivity index (χ1n) is 4.71. The Hall–Kier alpha value is -1.08. The molecule has 0 amide bonds. The lowest BCUT2D eigenvalue weighted by atomic mass is 10.3. The Bertz CT molecular complexity index is 453. The van der Waals surface area contributed by atoms with Gasteiger partial charge in [-0.1, -0.05) is 0 Å². The average Bonchev–Trinajstić information content (AvgIpc) is 2.69. The van der Waals surface area contributed by atoms with Gasteiger partial charge in [-0.3, -0.25) is 4.68 Å². The molecule has 1 aromatic rings. The van der Waals surface area contributed by atoms with Crippen molar-refractivity contribution in [2.75, 3.05) is 25.1 Å². The highest BCUT2D eigenvalue weighted by atomic mass is 32.2. The number of hydrogen-bond acceptors (Lipinski definition) is 4. The van der Waals surface area contributed by atoms with Crippen molar-refractivity contribution >= 4 is 15.7 Å². The van der Waals surface area contributed by atoms with Crippen LogP contribution < -0.4 is 5.73 Å². The number of nitrogens with zero attached hydrogens (tertiary/aromatic N) is 3. The summed E-state index contributed by atoms with van der Waals surface area (Å²) in [7, 11) is -3.08. The van der Waals surface area contributed by atoms with E-state index in [1.54, 1.807) is 17.1 Å². The van der Waals surface area contributed by atoms with E-state index in [2.05, 4.69) is 5.10 Å². The minimum absolute atomic E-state index is 0.108. The molecule has 0 bridgehead atoms. The van der Waals surface area contributed by atoms with Crippen molar-refractivity contribution in [1.82, 2.24) is 14.1 Å². The molecule has 6 nitrogen and oxygen atoms in total. The molecule has 7 heteroatoms.